The van der Waals surface area contributed by atoms with Gasteiger partial charge in [0.2, 0.25) is 0 Å². The van der Waals surface area contributed by atoms with Crippen molar-refractivity contribution in [1.29, 1.82) is 0 Å². The van der Waals surface area contributed by atoms with Gasteiger partial charge in [0.05, 0.1) is 19.2 Å². The van der Waals surface area contributed by atoms with Gasteiger partial charge in [0.1, 0.15) is 13.2 Å². The molecule has 0 amide bonds. The molecule has 0 saturated heterocycles. The van der Waals surface area contributed by atoms with Crippen LogP contribution in [0.3, 0.4) is 0 Å². The summed E-state index contributed by atoms with van der Waals surface area (Å²) >= 11 is 5.02. The van der Waals surface area contributed by atoms with E-state index < -0.39 is 0 Å². The Labute approximate surface area is 169 Å². The summed E-state index contributed by atoms with van der Waals surface area (Å²) < 4.78 is 16.7. The average molecular weight is 398 g/mol. The minimum atomic E-state index is -0.386. The number of benzene rings is 2. The molecule has 0 unspecified atom stereocenters. The van der Waals surface area contributed by atoms with Crippen molar-refractivity contribution >= 4 is 23.3 Å². The predicted octanol–water partition coefficient (Wildman–Crippen LogP) is 3.07. The second-order valence-electron chi connectivity index (χ2n) is 6.25. The first kappa shape index (κ1) is 19.7. The second kappa shape index (κ2) is 9.23. The fraction of sp³-hybridized carbons (Fsp3) is 0.238. The molecule has 3 rings (SSSR count). The van der Waals surface area contributed by atoms with Crippen molar-refractivity contribution in [1.82, 2.24) is 10.6 Å². The molecule has 0 bridgehead atoms. The Bertz CT molecular complexity index is 897. The van der Waals surface area contributed by atoms with E-state index in [1.807, 2.05) is 42.5 Å². The summed E-state index contributed by atoms with van der Waals surface area (Å²) in [7, 11) is 1.58. The van der Waals surface area contributed by atoms with Gasteiger partial charge in [-0.1, -0.05) is 36.4 Å². The van der Waals surface area contributed by atoms with Crippen LogP contribution < -0.4 is 20.1 Å². The van der Waals surface area contributed by atoms with E-state index in [4.69, 9.17) is 26.4 Å². The Morgan fingerprint density at radius 1 is 1.07 bits per heavy atom. The summed E-state index contributed by atoms with van der Waals surface area (Å²) in [5, 5.41) is 6.35. The summed E-state index contributed by atoms with van der Waals surface area (Å²) in [4.78, 5) is 12.3. The molecular formula is C21H22N2O4S. The van der Waals surface area contributed by atoms with Crippen molar-refractivity contribution in [2.45, 2.75) is 20.1 Å². The van der Waals surface area contributed by atoms with Gasteiger partial charge in [0.25, 0.3) is 0 Å². The van der Waals surface area contributed by atoms with E-state index in [1.54, 1.807) is 20.1 Å². The first-order valence-electron chi connectivity index (χ1n) is 8.82. The molecule has 146 valence electrons. The van der Waals surface area contributed by atoms with Gasteiger partial charge in [-0.2, -0.15) is 0 Å². The van der Waals surface area contributed by atoms with E-state index in [9.17, 15) is 4.79 Å². The van der Waals surface area contributed by atoms with Crippen molar-refractivity contribution < 1.29 is 19.0 Å². The van der Waals surface area contributed by atoms with E-state index in [-0.39, 0.29) is 12.6 Å². The monoisotopic (exact) mass is 398 g/mol. The molecule has 2 aromatic rings. The molecule has 0 radical (unpaired) electrons. The number of esters is 1. The van der Waals surface area contributed by atoms with Crippen molar-refractivity contribution in [3.05, 3.63) is 70.9 Å². The molecule has 0 atom stereocenters. The number of carbonyl (C=O) groups is 1. The van der Waals surface area contributed by atoms with Gasteiger partial charge >= 0.3 is 5.97 Å². The van der Waals surface area contributed by atoms with Crippen LogP contribution in [0.2, 0.25) is 0 Å². The fourth-order valence-corrected chi connectivity index (χ4v) is 2.93. The summed E-state index contributed by atoms with van der Waals surface area (Å²) in [6, 6.07) is 15.4. The third kappa shape index (κ3) is 5.01. The second-order valence-corrected chi connectivity index (χ2v) is 6.66. The Kier molecular flexibility index (Phi) is 6.49. The highest BCUT2D eigenvalue weighted by Crippen LogP contribution is 2.29. The Morgan fingerprint density at radius 3 is 2.57 bits per heavy atom. The minimum absolute atomic E-state index is 0.134. The average Bonchev–Trinajstić information content (AvgIpc) is 2.71. The molecule has 1 aliphatic rings. The fourth-order valence-electron chi connectivity index (χ4n) is 2.71. The number of hydrogen-bond donors (Lipinski definition) is 2. The van der Waals surface area contributed by atoms with Crippen LogP contribution in [0.4, 0.5) is 0 Å². The highest BCUT2D eigenvalue weighted by atomic mass is 32.1. The van der Waals surface area contributed by atoms with E-state index in [2.05, 4.69) is 10.6 Å². The first-order valence-corrected chi connectivity index (χ1v) is 9.23. The standard InChI is InChI=1S/C21H22N2O4S/c1-14-17(11-22-21(28)23-14)20(24)27-13-16-8-9-18(19(10-16)25-2)26-12-15-6-4-3-5-7-15/h3-10H,11-13H2,1-2H3,(H2,22,23,28). The first-order chi connectivity index (χ1) is 13.6. The van der Waals surface area contributed by atoms with Gasteiger partial charge in [-0.25, -0.2) is 4.79 Å². The van der Waals surface area contributed by atoms with Crippen molar-refractivity contribution in [2.24, 2.45) is 0 Å². The van der Waals surface area contributed by atoms with Crippen molar-refractivity contribution in [3.8, 4) is 11.5 Å². The normalized spacial score (nSPS) is 13.4. The molecule has 2 aromatic carbocycles. The minimum Gasteiger partial charge on any atom is -0.493 e. The van der Waals surface area contributed by atoms with Crippen LogP contribution in [-0.2, 0) is 22.7 Å². The van der Waals surface area contributed by atoms with Crippen LogP contribution in [0.5, 0.6) is 11.5 Å². The number of methoxy groups -OCH3 is 1. The summed E-state index contributed by atoms with van der Waals surface area (Å²) in [5.41, 5.74) is 3.11. The van der Waals surface area contributed by atoms with Crippen LogP contribution >= 0.6 is 12.2 Å². The molecule has 0 spiro atoms. The number of nitrogens with one attached hydrogen (secondary N) is 2. The van der Waals surface area contributed by atoms with Crippen molar-refractivity contribution in [3.63, 3.8) is 0 Å². The highest BCUT2D eigenvalue weighted by molar-refractivity contribution is 7.80. The summed E-state index contributed by atoms with van der Waals surface area (Å²) in [6.07, 6.45) is 0. The van der Waals surface area contributed by atoms with Gasteiger partial charge in [0.15, 0.2) is 16.6 Å². The SMILES string of the molecule is COc1cc(COC(=O)C2=C(C)NC(=S)NC2)ccc1OCc1ccccc1. The molecule has 2 N–H and O–H groups in total. The Hall–Kier alpha value is -3.06. The zero-order valence-corrected chi connectivity index (χ0v) is 16.6. The lowest BCUT2D eigenvalue weighted by molar-refractivity contribution is -0.140. The molecule has 0 fully saturated rings. The Morgan fingerprint density at radius 2 is 1.86 bits per heavy atom. The van der Waals surface area contributed by atoms with E-state index in [0.717, 1.165) is 11.1 Å². The summed E-state index contributed by atoms with van der Waals surface area (Å²) in [6.45, 7) is 2.73. The van der Waals surface area contributed by atoms with E-state index >= 15 is 0 Å². The smallest absolute Gasteiger partial charge is 0.337 e. The van der Waals surface area contributed by atoms with Crippen LogP contribution in [0, 0.1) is 0 Å². The van der Waals surface area contributed by atoms with Gasteiger partial charge in [-0.3, -0.25) is 0 Å². The lowest BCUT2D eigenvalue weighted by atomic mass is 10.2. The van der Waals surface area contributed by atoms with E-state index in [0.29, 0.717) is 41.0 Å². The molecule has 6 nitrogen and oxygen atoms in total. The molecule has 1 heterocycles. The zero-order valence-electron chi connectivity index (χ0n) is 15.8. The highest BCUT2D eigenvalue weighted by Gasteiger charge is 2.20. The molecular weight excluding hydrogens is 376 g/mol. The molecule has 0 aliphatic carbocycles. The molecule has 1 aliphatic heterocycles. The number of allylic oxidation sites excluding steroid dienone is 1. The van der Waals surface area contributed by atoms with Crippen LogP contribution in [-0.4, -0.2) is 24.7 Å². The zero-order chi connectivity index (χ0) is 19.9. The third-order valence-corrected chi connectivity index (χ3v) is 4.51. The van der Waals surface area contributed by atoms with Crippen LogP contribution in [0.15, 0.2) is 59.8 Å². The number of rotatable bonds is 7. The summed E-state index contributed by atoms with van der Waals surface area (Å²) in [5.74, 6) is 0.837. The molecule has 0 saturated carbocycles. The maximum Gasteiger partial charge on any atom is 0.337 e. The Balaban J connectivity index is 1.61. The topological polar surface area (TPSA) is 68.8 Å². The van der Waals surface area contributed by atoms with Gasteiger partial charge < -0.3 is 24.8 Å². The van der Waals surface area contributed by atoms with E-state index in [1.165, 1.54) is 0 Å². The predicted molar refractivity (Wildman–Crippen MR) is 110 cm³/mol. The van der Waals surface area contributed by atoms with Gasteiger partial charge in [0, 0.05) is 5.70 Å². The molecule has 7 heteroatoms. The maximum atomic E-state index is 12.3. The number of thiocarbonyl (C=S) groups is 1. The number of carbonyl (C=O) groups excluding carboxylic acids is 1. The third-order valence-electron chi connectivity index (χ3n) is 4.26. The van der Waals surface area contributed by atoms with Crippen LogP contribution in [0.25, 0.3) is 0 Å². The van der Waals surface area contributed by atoms with Gasteiger partial charge in [-0.05, 0) is 42.4 Å². The molecule has 28 heavy (non-hydrogen) atoms. The lowest BCUT2D eigenvalue weighted by Gasteiger charge is -2.21. The molecule has 0 aromatic heterocycles. The quantitative estimate of drug-likeness (QED) is 0.549. The van der Waals surface area contributed by atoms with Gasteiger partial charge in [-0.15, -0.1) is 0 Å². The van der Waals surface area contributed by atoms with Crippen molar-refractivity contribution in [2.75, 3.05) is 13.7 Å². The maximum absolute atomic E-state index is 12.3. The number of hydrogen-bond acceptors (Lipinski definition) is 5. The largest absolute Gasteiger partial charge is 0.493 e. The van der Waals surface area contributed by atoms with Crippen LogP contribution in [0.1, 0.15) is 18.1 Å². The number of ether oxygens (including phenoxy) is 3. The lowest BCUT2D eigenvalue weighted by Crippen LogP contribution is -2.42.